The average Bonchev–Trinajstić information content (AvgIpc) is 2.92. The van der Waals surface area contributed by atoms with Crippen LogP contribution in [0.3, 0.4) is 0 Å². The maximum Gasteiger partial charge on any atom is 0.341 e. The van der Waals surface area contributed by atoms with Crippen molar-refractivity contribution in [3.8, 4) is 0 Å². The molecule has 0 radical (unpaired) electrons. The van der Waals surface area contributed by atoms with Crippen LogP contribution in [0.15, 0.2) is 58.4 Å². The van der Waals surface area contributed by atoms with Crippen molar-refractivity contribution in [3.63, 3.8) is 0 Å². The summed E-state index contributed by atoms with van der Waals surface area (Å²) in [4.78, 5) is 59.9. The Morgan fingerprint density at radius 3 is 2.58 bits per heavy atom. The van der Waals surface area contributed by atoms with E-state index < -0.39 is 28.0 Å². The lowest BCUT2D eigenvalue weighted by Gasteiger charge is -2.16. The molecule has 0 N–H and O–H groups in total. The van der Waals surface area contributed by atoms with Crippen LogP contribution < -0.4 is 11.0 Å². The number of carbonyl (C=O) groups is 2. The van der Waals surface area contributed by atoms with Crippen molar-refractivity contribution in [2.45, 2.75) is 46.8 Å². The lowest BCUT2D eigenvalue weighted by Crippen LogP contribution is -2.33. The Kier molecular flexibility index (Phi) is 8.49. The number of nitrogens with zero attached hydrogens (tertiary/aromatic N) is 5. The zero-order valence-corrected chi connectivity index (χ0v) is 22.6. The summed E-state index contributed by atoms with van der Waals surface area (Å²) >= 11 is 0. The summed E-state index contributed by atoms with van der Waals surface area (Å²) in [5.41, 5.74) is -0.0266. The second-order valence-electron chi connectivity index (χ2n) is 9.26. The van der Waals surface area contributed by atoms with E-state index >= 15 is 0 Å². The highest BCUT2D eigenvalue weighted by Gasteiger charge is 2.23. The number of fused-ring (bicyclic) bond motifs is 2. The molecule has 0 aliphatic carbocycles. The molecule has 40 heavy (non-hydrogen) atoms. The molecule has 1 amide bonds. The number of esters is 1. The van der Waals surface area contributed by atoms with Gasteiger partial charge in [0.1, 0.15) is 22.4 Å². The van der Waals surface area contributed by atoms with Crippen molar-refractivity contribution >= 4 is 34.2 Å². The Bertz CT molecular complexity index is 1750. The molecule has 4 rings (SSSR count). The van der Waals surface area contributed by atoms with Gasteiger partial charge in [-0.3, -0.25) is 24.1 Å². The third-order valence-corrected chi connectivity index (χ3v) is 6.12. The van der Waals surface area contributed by atoms with Gasteiger partial charge in [-0.25, -0.2) is 9.78 Å². The molecule has 0 spiro atoms. The summed E-state index contributed by atoms with van der Waals surface area (Å²) < 4.78 is 13.8. The first kappa shape index (κ1) is 28.3. The molecule has 0 fully saturated rings. The molecule has 0 aliphatic rings. The first-order valence-corrected chi connectivity index (χ1v) is 12.8. The van der Waals surface area contributed by atoms with Crippen LogP contribution in [0.4, 0.5) is 5.69 Å². The highest BCUT2D eigenvalue weighted by molar-refractivity contribution is 6.00. The highest BCUT2D eigenvalue weighted by atomic mass is 16.6. The number of aromatic nitrogens is 3. The number of nitro groups is 1. The van der Waals surface area contributed by atoms with Crippen LogP contribution in [0.5, 0.6) is 0 Å². The smallest absolute Gasteiger partial charge is 0.341 e. The minimum atomic E-state index is -0.932. The summed E-state index contributed by atoms with van der Waals surface area (Å²) in [6.45, 7) is 7.78. The van der Waals surface area contributed by atoms with Gasteiger partial charge in [-0.15, -0.1) is 0 Å². The van der Waals surface area contributed by atoms with E-state index in [1.807, 2.05) is 26.8 Å². The largest absolute Gasteiger partial charge is 0.462 e. The Labute approximate surface area is 228 Å². The van der Waals surface area contributed by atoms with Crippen molar-refractivity contribution in [1.29, 1.82) is 0 Å². The standard InChI is InChI=1S/C28H29N5O7/c1-5-39-28(36)21-16-20-24(29-23-18(4)10-8-13-32(23)27(20)35)31(14-9-15-40-17(2)3)25(21)30-26(34)19-11-6-7-12-22(19)33(37)38/h6-8,10-13,16-17H,5,9,14-15H2,1-4H3. The maximum absolute atomic E-state index is 13.6. The van der Waals surface area contributed by atoms with E-state index in [-0.39, 0.29) is 46.9 Å². The van der Waals surface area contributed by atoms with E-state index in [2.05, 4.69) is 4.99 Å². The number of ether oxygens (including phenoxy) is 2. The Balaban J connectivity index is 2.09. The van der Waals surface area contributed by atoms with Gasteiger partial charge >= 0.3 is 5.97 Å². The zero-order chi connectivity index (χ0) is 29.0. The molecule has 4 aromatic rings. The Morgan fingerprint density at radius 2 is 1.88 bits per heavy atom. The van der Waals surface area contributed by atoms with E-state index in [1.165, 1.54) is 39.3 Å². The van der Waals surface area contributed by atoms with Crippen molar-refractivity contribution in [1.82, 2.24) is 14.0 Å². The van der Waals surface area contributed by atoms with Gasteiger partial charge in [0, 0.05) is 25.4 Å². The topological polar surface area (TPSA) is 147 Å². The Hall–Kier alpha value is -4.71. The predicted molar refractivity (Wildman–Crippen MR) is 146 cm³/mol. The molecule has 0 saturated heterocycles. The number of pyridine rings is 2. The van der Waals surface area contributed by atoms with Gasteiger partial charge in [0.25, 0.3) is 17.2 Å². The zero-order valence-electron chi connectivity index (χ0n) is 22.6. The normalized spacial score (nSPS) is 11.9. The number of amides is 1. The average molecular weight is 548 g/mol. The third kappa shape index (κ3) is 5.66. The highest BCUT2D eigenvalue weighted by Crippen LogP contribution is 2.19. The van der Waals surface area contributed by atoms with Gasteiger partial charge in [0.15, 0.2) is 5.49 Å². The van der Waals surface area contributed by atoms with E-state index in [0.717, 1.165) is 5.56 Å². The number of para-hydroxylation sites is 1. The lowest BCUT2D eigenvalue weighted by molar-refractivity contribution is -0.385. The van der Waals surface area contributed by atoms with Gasteiger partial charge in [-0.1, -0.05) is 18.2 Å². The molecule has 0 saturated carbocycles. The second kappa shape index (κ2) is 12.0. The first-order chi connectivity index (χ1) is 19.1. The van der Waals surface area contributed by atoms with Crippen LogP contribution in [-0.2, 0) is 16.0 Å². The van der Waals surface area contributed by atoms with Crippen LogP contribution in [0.1, 0.15) is 53.5 Å². The molecule has 208 valence electrons. The quantitative estimate of drug-likeness (QED) is 0.102. The van der Waals surface area contributed by atoms with Crippen LogP contribution in [0, 0.1) is 17.0 Å². The van der Waals surface area contributed by atoms with Crippen LogP contribution in [-0.4, -0.2) is 50.1 Å². The van der Waals surface area contributed by atoms with E-state index in [1.54, 1.807) is 19.2 Å². The van der Waals surface area contributed by atoms with Crippen LogP contribution >= 0.6 is 0 Å². The monoisotopic (exact) mass is 547 g/mol. The summed E-state index contributed by atoms with van der Waals surface area (Å²) in [5.74, 6) is -1.74. The van der Waals surface area contributed by atoms with Gasteiger partial charge in [0.2, 0.25) is 0 Å². The summed E-state index contributed by atoms with van der Waals surface area (Å²) in [5, 5.41) is 11.7. The molecular formula is C28H29N5O7. The van der Waals surface area contributed by atoms with E-state index in [9.17, 15) is 24.5 Å². The number of aryl methyl sites for hydroxylation is 2. The number of rotatable bonds is 9. The number of hydrogen-bond acceptors (Lipinski definition) is 8. The molecule has 1 aromatic carbocycles. The fourth-order valence-electron chi connectivity index (χ4n) is 4.29. The Morgan fingerprint density at radius 1 is 1.12 bits per heavy atom. The fourth-order valence-corrected chi connectivity index (χ4v) is 4.29. The molecular weight excluding hydrogens is 518 g/mol. The number of benzene rings is 1. The number of nitro benzene ring substituents is 1. The second-order valence-corrected chi connectivity index (χ2v) is 9.26. The van der Waals surface area contributed by atoms with Gasteiger partial charge in [-0.05, 0) is 57.9 Å². The molecule has 0 atom stereocenters. The van der Waals surface area contributed by atoms with Crippen molar-refractivity contribution < 1.29 is 24.0 Å². The predicted octanol–water partition coefficient (Wildman–Crippen LogP) is 3.60. The first-order valence-electron chi connectivity index (χ1n) is 12.8. The third-order valence-electron chi connectivity index (χ3n) is 6.12. The number of hydrogen-bond donors (Lipinski definition) is 0. The lowest BCUT2D eigenvalue weighted by atomic mass is 10.1. The summed E-state index contributed by atoms with van der Waals surface area (Å²) in [6.07, 6.45) is 1.99. The van der Waals surface area contributed by atoms with Crippen LogP contribution in [0.25, 0.3) is 16.7 Å². The van der Waals surface area contributed by atoms with Gasteiger partial charge < -0.3 is 14.0 Å². The molecule has 0 aliphatic heterocycles. The molecule has 12 nitrogen and oxygen atoms in total. The molecule has 3 heterocycles. The van der Waals surface area contributed by atoms with Gasteiger partial charge in [-0.2, -0.15) is 4.99 Å². The maximum atomic E-state index is 13.6. The van der Waals surface area contributed by atoms with Crippen LogP contribution in [0.2, 0.25) is 0 Å². The van der Waals surface area contributed by atoms with Crippen molar-refractivity contribution in [2.75, 3.05) is 13.2 Å². The molecule has 0 unspecified atom stereocenters. The van der Waals surface area contributed by atoms with E-state index in [0.29, 0.717) is 18.7 Å². The van der Waals surface area contributed by atoms with Crippen molar-refractivity contribution in [3.05, 3.63) is 91.3 Å². The van der Waals surface area contributed by atoms with Crippen molar-refractivity contribution in [2.24, 2.45) is 4.99 Å². The fraction of sp³-hybridized carbons (Fsp3) is 0.321. The molecule has 3 aromatic heterocycles. The minimum Gasteiger partial charge on any atom is -0.462 e. The SMILES string of the molecule is CCOC(=O)c1cc2c(=O)n3cccc(C)c3nc2n(CCCOC(C)C)c1=NC(=O)c1ccccc1[N+](=O)[O-]. The molecule has 0 bridgehead atoms. The minimum absolute atomic E-state index is 0.0219. The number of carbonyl (C=O) groups excluding carboxylic acids is 2. The molecule has 12 heteroatoms. The summed E-state index contributed by atoms with van der Waals surface area (Å²) in [7, 11) is 0. The van der Waals surface area contributed by atoms with Gasteiger partial charge in [0.05, 0.1) is 23.0 Å². The summed E-state index contributed by atoms with van der Waals surface area (Å²) in [6, 6.07) is 10.2. The van der Waals surface area contributed by atoms with E-state index in [4.69, 9.17) is 14.5 Å².